The van der Waals surface area contributed by atoms with E-state index in [2.05, 4.69) is 0 Å². The Morgan fingerprint density at radius 3 is 2.47 bits per heavy atom. The SMILES string of the molecule is COCCN(C(C)C)S(=O)(=O)c1cc(N)cc(F)c1. The molecule has 7 heteroatoms. The smallest absolute Gasteiger partial charge is 0.243 e. The van der Waals surface area contributed by atoms with Crippen molar-refractivity contribution in [2.45, 2.75) is 24.8 Å². The number of nitrogen functional groups attached to an aromatic ring is 1. The van der Waals surface area contributed by atoms with Gasteiger partial charge in [0.05, 0.1) is 11.5 Å². The third-order valence-electron chi connectivity index (χ3n) is 2.59. The summed E-state index contributed by atoms with van der Waals surface area (Å²) in [6, 6.07) is 3.03. The monoisotopic (exact) mass is 290 g/mol. The van der Waals surface area contributed by atoms with E-state index in [1.165, 1.54) is 17.5 Å². The van der Waals surface area contributed by atoms with Gasteiger partial charge in [0.15, 0.2) is 0 Å². The molecule has 1 aromatic rings. The molecule has 0 aliphatic heterocycles. The second-order valence-corrected chi connectivity index (χ2v) is 6.31. The van der Waals surface area contributed by atoms with Crippen LogP contribution in [0, 0.1) is 5.82 Å². The maximum absolute atomic E-state index is 13.3. The van der Waals surface area contributed by atoms with Crippen molar-refractivity contribution in [2.75, 3.05) is 26.0 Å². The quantitative estimate of drug-likeness (QED) is 0.805. The van der Waals surface area contributed by atoms with E-state index in [0.29, 0.717) is 0 Å². The number of nitrogens with two attached hydrogens (primary N) is 1. The number of halogens is 1. The van der Waals surface area contributed by atoms with Crippen molar-refractivity contribution in [3.63, 3.8) is 0 Å². The summed E-state index contributed by atoms with van der Waals surface area (Å²) in [5.41, 5.74) is 5.56. The van der Waals surface area contributed by atoms with Gasteiger partial charge in [-0.2, -0.15) is 4.31 Å². The molecule has 19 heavy (non-hydrogen) atoms. The Hall–Kier alpha value is -1.18. The summed E-state index contributed by atoms with van der Waals surface area (Å²) in [6.45, 7) is 3.96. The Kier molecular flexibility index (Phi) is 5.28. The summed E-state index contributed by atoms with van der Waals surface area (Å²) in [5, 5.41) is 0. The molecule has 0 aliphatic rings. The fourth-order valence-electron chi connectivity index (χ4n) is 1.71. The molecule has 5 nitrogen and oxygen atoms in total. The molecule has 0 radical (unpaired) electrons. The van der Waals surface area contributed by atoms with E-state index >= 15 is 0 Å². The van der Waals surface area contributed by atoms with Crippen LogP contribution < -0.4 is 5.73 Å². The molecule has 1 rings (SSSR count). The van der Waals surface area contributed by atoms with Crippen LogP contribution in [0.25, 0.3) is 0 Å². The predicted octanol–water partition coefficient (Wildman–Crippen LogP) is 1.45. The van der Waals surface area contributed by atoms with Gasteiger partial charge in [-0.15, -0.1) is 0 Å². The molecule has 2 N–H and O–H groups in total. The van der Waals surface area contributed by atoms with E-state index in [4.69, 9.17) is 10.5 Å². The van der Waals surface area contributed by atoms with Crippen LogP contribution in [0.1, 0.15) is 13.8 Å². The summed E-state index contributed by atoms with van der Waals surface area (Å²) in [4.78, 5) is -0.144. The lowest BCUT2D eigenvalue weighted by atomic mass is 10.3. The summed E-state index contributed by atoms with van der Waals surface area (Å²) < 4.78 is 44.3. The number of ether oxygens (including phenoxy) is 1. The summed E-state index contributed by atoms with van der Waals surface area (Å²) in [5.74, 6) is -0.672. The van der Waals surface area contributed by atoms with Gasteiger partial charge in [0.1, 0.15) is 5.82 Å². The van der Waals surface area contributed by atoms with Crippen LogP contribution in [0.15, 0.2) is 23.1 Å². The van der Waals surface area contributed by atoms with Crippen LogP contribution in [0.4, 0.5) is 10.1 Å². The van der Waals surface area contributed by atoms with Gasteiger partial charge >= 0.3 is 0 Å². The summed E-state index contributed by atoms with van der Waals surface area (Å²) >= 11 is 0. The van der Waals surface area contributed by atoms with Gasteiger partial charge in [0.25, 0.3) is 0 Å². The zero-order valence-electron chi connectivity index (χ0n) is 11.3. The Balaban J connectivity index is 3.18. The van der Waals surface area contributed by atoms with Gasteiger partial charge in [-0.1, -0.05) is 0 Å². The first-order valence-corrected chi connectivity index (χ1v) is 7.30. The van der Waals surface area contributed by atoms with Crippen LogP contribution in [0.2, 0.25) is 0 Å². The highest BCUT2D eigenvalue weighted by Gasteiger charge is 2.27. The molecule has 108 valence electrons. The minimum absolute atomic E-state index is 0.0778. The topological polar surface area (TPSA) is 72.6 Å². The van der Waals surface area contributed by atoms with Gasteiger partial charge in [0, 0.05) is 25.4 Å². The fourth-order valence-corrected chi connectivity index (χ4v) is 3.39. The minimum Gasteiger partial charge on any atom is -0.399 e. The molecule has 0 bridgehead atoms. The van der Waals surface area contributed by atoms with Crippen molar-refractivity contribution in [2.24, 2.45) is 0 Å². The van der Waals surface area contributed by atoms with Crippen molar-refractivity contribution in [3.05, 3.63) is 24.0 Å². The zero-order chi connectivity index (χ0) is 14.6. The second-order valence-electron chi connectivity index (χ2n) is 4.42. The first kappa shape index (κ1) is 15.9. The largest absolute Gasteiger partial charge is 0.399 e. The number of methoxy groups -OCH3 is 1. The van der Waals surface area contributed by atoms with E-state index in [9.17, 15) is 12.8 Å². The molecule has 0 amide bonds. The third-order valence-corrected chi connectivity index (χ3v) is 4.65. The fraction of sp³-hybridized carbons (Fsp3) is 0.500. The van der Waals surface area contributed by atoms with E-state index in [-0.39, 0.29) is 29.8 Å². The van der Waals surface area contributed by atoms with Gasteiger partial charge < -0.3 is 10.5 Å². The number of anilines is 1. The van der Waals surface area contributed by atoms with Gasteiger partial charge in [-0.25, -0.2) is 12.8 Å². The number of nitrogens with zero attached hydrogens (tertiary/aromatic N) is 1. The average molecular weight is 290 g/mol. The van der Waals surface area contributed by atoms with Crippen LogP contribution >= 0.6 is 0 Å². The predicted molar refractivity (Wildman–Crippen MR) is 71.7 cm³/mol. The maximum Gasteiger partial charge on any atom is 0.243 e. The first-order chi connectivity index (χ1) is 8.78. The lowest BCUT2D eigenvalue weighted by Crippen LogP contribution is -2.39. The number of sulfonamides is 1. The maximum atomic E-state index is 13.3. The molecule has 0 aromatic heterocycles. The third kappa shape index (κ3) is 3.89. The lowest BCUT2D eigenvalue weighted by molar-refractivity contribution is 0.171. The number of hydrogen-bond donors (Lipinski definition) is 1. The minimum atomic E-state index is -3.78. The Morgan fingerprint density at radius 1 is 1.37 bits per heavy atom. The van der Waals surface area contributed by atoms with Gasteiger partial charge in [0.2, 0.25) is 10.0 Å². The molecule has 0 unspecified atom stereocenters. The van der Waals surface area contributed by atoms with Crippen LogP contribution in [-0.2, 0) is 14.8 Å². The molecule has 1 aromatic carbocycles. The normalized spacial score (nSPS) is 12.3. The van der Waals surface area contributed by atoms with Crippen molar-refractivity contribution in [3.8, 4) is 0 Å². The molecule has 0 fully saturated rings. The summed E-state index contributed by atoms with van der Waals surface area (Å²) in [6.07, 6.45) is 0. The van der Waals surface area contributed by atoms with E-state index in [1.54, 1.807) is 13.8 Å². The number of rotatable bonds is 6. The van der Waals surface area contributed by atoms with Crippen LogP contribution in [0.5, 0.6) is 0 Å². The van der Waals surface area contributed by atoms with Crippen molar-refractivity contribution in [1.82, 2.24) is 4.31 Å². The standard InChI is InChI=1S/C12H19FN2O3S/c1-9(2)15(4-5-18-3)19(16,17)12-7-10(13)6-11(14)8-12/h6-9H,4-5,14H2,1-3H3. The lowest BCUT2D eigenvalue weighted by Gasteiger charge is -2.25. The molecular formula is C12H19FN2O3S. The van der Waals surface area contributed by atoms with Crippen LogP contribution in [-0.4, -0.2) is 39.0 Å². The van der Waals surface area contributed by atoms with Crippen LogP contribution in [0.3, 0.4) is 0 Å². The van der Waals surface area contributed by atoms with Gasteiger partial charge in [-0.3, -0.25) is 0 Å². The Morgan fingerprint density at radius 2 is 2.00 bits per heavy atom. The van der Waals surface area contributed by atoms with E-state index < -0.39 is 15.8 Å². The van der Waals surface area contributed by atoms with Gasteiger partial charge in [-0.05, 0) is 32.0 Å². The highest BCUT2D eigenvalue weighted by atomic mass is 32.2. The average Bonchev–Trinajstić information content (AvgIpc) is 2.27. The molecule has 0 atom stereocenters. The van der Waals surface area contributed by atoms with Crippen molar-refractivity contribution >= 4 is 15.7 Å². The summed E-state index contributed by atoms with van der Waals surface area (Å²) in [7, 11) is -2.29. The zero-order valence-corrected chi connectivity index (χ0v) is 12.1. The molecular weight excluding hydrogens is 271 g/mol. The molecule has 0 spiro atoms. The Labute approximate surface area is 113 Å². The Bertz CT molecular complexity index is 512. The molecule has 0 heterocycles. The van der Waals surface area contributed by atoms with E-state index in [1.807, 2.05) is 0 Å². The van der Waals surface area contributed by atoms with Crippen molar-refractivity contribution in [1.29, 1.82) is 0 Å². The highest BCUT2D eigenvalue weighted by Crippen LogP contribution is 2.21. The first-order valence-electron chi connectivity index (χ1n) is 5.86. The number of hydrogen-bond acceptors (Lipinski definition) is 4. The van der Waals surface area contributed by atoms with E-state index in [0.717, 1.165) is 12.1 Å². The molecule has 0 saturated carbocycles. The number of benzene rings is 1. The second kappa shape index (κ2) is 6.31. The molecule has 0 saturated heterocycles. The van der Waals surface area contributed by atoms with Crippen molar-refractivity contribution < 1.29 is 17.5 Å². The molecule has 0 aliphatic carbocycles. The highest BCUT2D eigenvalue weighted by molar-refractivity contribution is 7.89.